The molecule has 10 nitrogen and oxygen atoms in total. The lowest BCUT2D eigenvalue weighted by atomic mass is 10.2. The molecular weight excluding hydrogens is 470 g/mol. The van der Waals surface area contributed by atoms with E-state index in [9.17, 15) is 23.3 Å². The van der Waals surface area contributed by atoms with Gasteiger partial charge in [-0.2, -0.15) is 4.31 Å². The van der Waals surface area contributed by atoms with E-state index in [0.717, 1.165) is 5.56 Å². The van der Waals surface area contributed by atoms with Crippen molar-refractivity contribution >= 4 is 33.4 Å². The molecule has 1 heterocycles. The zero-order valence-corrected chi connectivity index (χ0v) is 19.5. The SMILES string of the molecule is O=C(CSCc1ccc([N+](=O)[O-])cc1)NCCOc1ccc(S(=O)(=O)N2CCOCC2)cc1. The Morgan fingerprint density at radius 2 is 1.79 bits per heavy atom. The van der Waals surface area contributed by atoms with Crippen molar-refractivity contribution < 1.29 is 27.6 Å². The van der Waals surface area contributed by atoms with Crippen LogP contribution in [-0.4, -0.2) is 68.8 Å². The van der Waals surface area contributed by atoms with Crippen molar-refractivity contribution in [1.82, 2.24) is 9.62 Å². The highest BCUT2D eigenvalue weighted by atomic mass is 32.2. The fraction of sp³-hybridized carbons (Fsp3) is 0.381. The van der Waals surface area contributed by atoms with E-state index in [1.165, 1.54) is 40.3 Å². The monoisotopic (exact) mass is 495 g/mol. The maximum atomic E-state index is 12.6. The second kappa shape index (κ2) is 12.0. The Morgan fingerprint density at radius 3 is 2.42 bits per heavy atom. The minimum atomic E-state index is -3.54. The summed E-state index contributed by atoms with van der Waals surface area (Å²) in [4.78, 5) is 22.3. The summed E-state index contributed by atoms with van der Waals surface area (Å²) in [6, 6.07) is 12.4. The van der Waals surface area contributed by atoms with Gasteiger partial charge in [0.1, 0.15) is 12.4 Å². The van der Waals surface area contributed by atoms with Crippen LogP contribution in [0.2, 0.25) is 0 Å². The number of sulfonamides is 1. The van der Waals surface area contributed by atoms with E-state index in [1.807, 2.05) is 0 Å². The molecule has 3 rings (SSSR count). The van der Waals surface area contributed by atoms with E-state index in [4.69, 9.17) is 9.47 Å². The Kier molecular flexibility index (Phi) is 9.06. The molecule has 0 radical (unpaired) electrons. The highest BCUT2D eigenvalue weighted by Crippen LogP contribution is 2.20. The number of non-ortho nitro benzene ring substituents is 1. The van der Waals surface area contributed by atoms with Gasteiger partial charge in [0.15, 0.2) is 0 Å². The molecule has 2 aromatic carbocycles. The summed E-state index contributed by atoms with van der Waals surface area (Å²) in [5, 5.41) is 13.4. The first kappa shape index (κ1) is 25.0. The molecule has 0 unspecified atom stereocenters. The fourth-order valence-electron chi connectivity index (χ4n) is 3.03. The number of nitrogens with one attached hydrogen (secondary N) is 1. The largest absolute Gasteiger partial charge is 0.492 e. The van der Waals surface area contributed by atoms with E-state index in [2.05, 4.69) is 5.32 Å². The molecule has 1 saturated heterocycles. The maximum absolute atomic E-state index is 12.6. The molecule has 0 atom stereocenters. The molecule has 178 valence electrons. The van der Waals surface area contributed by atoms with E-state index in [0.29, 0.717) is 44.4 Å². The summed E-state index contributed by atoms with van der Waals surface area (Å²) in [5.41, 5.74) is 0.940. The summed E-state index contributed by atoms with van der Waals surface area (Å²) in [5.74, 6) is 1.20. The summed E-state index contributed by atoms with van der Waals surface area (Å²) >= 11 is 1.41. The normalized spacial score (nSPS) is 14.5. The number of ether oxygens (including phenoxy) is 2. The Bertz CT molecular complexity index is 1040. The molecular formula is C21H25N3O7S2. The van der Waals surface area contributed by atoms with Crippen LogP contribution in [0.3, 0.4) is 0 Å². The second-order valence-electron chi connectivity index (χ2n) is 7.10. The quantitative estimate of drug-likeness (QED) is 0.285. The summed E-state index contributed by atoms with van der Waals surface area (Å²) in [6.45, 7) is 2.02. The van der Waals surface area contributed by atoms with Gasteiger partial charge in [-0.15, -0.1) is 11.8 Å². The van der Waals surface area contributed by atoms with Crippen molar-refractivity contribution in [2.45, 2.75) is 10.6 Å². The number of benzene rings is 2. The van der Waals surface area contributed by atoms with Crippen LogP contribution >= 0.6 is 11.8 Å². The van der Waals surface area contributed by atoms with Crippen molar-refractivity contribution in [3.05, 3.63) is 64.2 Å². The number of nitro groups is 1. The van der Waals surface area contributed by atoms with Gasteiger partial charge in [-0.05, 0) is 29.8 Å². The molecule has 0 aromatic heterocycles. The van der Waals surface area contributed by atoms with Gasteiger partial charge >= 0.3 is 0 Å². The molecule has 12 heteroatoms. The molecule has 0 saturated carbocycles. The van der Waals surface area contributed by atoms with Gasteiger partial charge in [0, 0.05) is 31.0 Å². The lowest BCUT2D eigenvalue weighted by Crippen LogP contribution is -2.40. The highest BCUT2D eigenvalue weighted by Gasteiger charge is 2.26. The number of rotatable bonds is 11. The Labute approximate surface area is 196 Å². The van der Waals surface area contributed by atoms with Crippen LogP contribution < -0.4 is 10.1 Å². The average molecular weight is 496 g/mol. The topological polar surface area (TPSA) is 128 Å². The van der Waals surface area contributed by atoms with Gasteiger partial charge in [0.05, 0.1) is 35.3 Å². The summed E-state index contributed by atoms with van der Waals surface area (Å²) in [6.07, 6.45) is 0. The molecule has 2 aromatic rings. The first-order chi connectivity index (χ1) is 15.9. The van der Waals surface area contributed by atoms with E-state index in [1.54, 1.807) is 24.3 Å². The minimum absolute atomic E-state index is 0.0369. The average Bonchev–Trinajstić information content (AvgIpc) is 2.83. The molecule has 1 fully saturated rings. The molecule has 33 heavy (non-hydrogen) atoms. The molecule has 0 bridgehead atoms. The van der Waals surface area contributed by atoms with Crippen molar-refractivity contribution in [2.75, 3.05) is 45.2 Å². The third-order valence-corrected chi connectivity index (χ3v) is 7.69. The lowest BCUT2D eigenvalue weighted by Gasteiger charge is -2.26. The number of carbonyl (C=O) groups excluding carboxylic acids is 1. The number of nitro benzene ring substituents is 1. The number of amides is 1. The molecule has 1 amide bonds. The van der Waals surface area contributed by atoms with Crippen LogP contribution in [0.4, 0.5) is 5.69 Å². The van der Waals surface area contributed by atoms with Crippen LogP contribution in [0.25, 0.3) is 0 Å². The first-order valence-electron chi connectivity index (χ1n) is 10.2. The number of morpholine rings is 1. The van der Waals surface area contributed by atoms with Crippen LogP contribution in [0.15, 0.2) is 53.4 Å². The minimum Gasteiger partial charge on any atom is -0.492 e. The van der Waals surface area contributed by atoms with E-state index >= 15 is 0 Å². The van der Waals surface area contributed by atoms with Gasteiger partial charge in [0.25, 0.3) is 5.69 Å². The van der Waals surface area contributed by atoms with Crippen molar-refractivity contribution in [1.29, 1.82) is 0 Å². The number of nitrogens with zero attached hydrogens (tertiary/aromatic N) is 2. The summed E-state index contributed by atoms with van der Waals surface area (Å²) < 4.78 is 37.4. The van der Waals surface area contributed by atoms with Gasteiger partial charge in [-0.25, -0.2) is 8.42 Å². The second-order valence-corrected chi connectivity index (χ2v) is 10.0. The molecule has 1 N–H and O–H groups in total. The number of carbonyl (C=O) groups is 1. The standard InChI is InChI=1S/C21H25N3O7S2/c25-21(16-32-15-17-1-3-18(4-2-17)24(26)27)22-9-12-31-19-5-7-20(8-6-19)33(28,29)23-10-13-30-14-11-23/h1-8H,9-16H2,(H,22,25). The van der Waals surface area contributed by atoms with Gasteiger partial charge in [0.2, 0.25) is 15.9 Å². The van der Waals surface area contributed by atoms with Gasteiger partial charge in [-0.1, -0.05) is 12.1 Å². The molecule has 1 aliphatic heterocycles. The number of thioether (sulfide) groups is 1. The van der Waals surface area contributed by atoms with Crippen LogP contribution in [0, 0.1) is 10.1 Å². The van der Waals surface area contributed by atoms with Gasteiger partial charge < -0.3 is 14.8 Å². The highest BCUT2D eigenvalue weighted by molar-refractivity contribution is 7.99. The Morgan fingerprint density at radius 1 is 1.12 bits per heavy atom. The van der Waals surface area contributed by atoms with Crippen molar-refractivity contribution in [3.8, 4) is 5.75 Å². The smallest absolute Gasteiger partial charge is 0.269 e. The van der Waals surface area contributed by atoms with E-state index < -0.39 is 14.9 Å². The van der Waals surface area contributed by atoms with Crippen molar-refractivity contribution in [2.24, 2.45) is 0 Å². The Hall–Kier alpha value is -2.67. The van der Waals surface area contributed by atoms with Gasteiger partial charge in [-0.3, -0.25) is 14.9 Å². The Balaban J connectivity index is 1.34. The number of hydrogen-bond acceptors (Lipinski definition) is 8. The maximum Gasteiger partial charge on any atom is 0.269 e. The van der Waals surface area contributed by atoms with Crippen LogP contribution in [0.5, 0.6) is 5.75 Å². The predicted molar refractivity (Wildman–Crippen MR) is 124 cm³/mol. The number of hydrogen-bond donors (Lipinski definition) is 1. The van der Waals surface area contributed by atoms with E-state index in [-0.39, 0.29) is 28.8 Å². The van der Waals surface area contributed by atoms with Crippen LogP contribution in [0.1, 0.15) is 5.56 Å². The summed E-state index contributed by atoms with van der Waals surface area (Å²) in [7, 11) is -3.54. The molecule has 0 aliphatic carbocycles. The third-order valence-electron chi connectivity index (χ3n) is 4.77. The first-order valence-corrected chi connectivity index (χ1v) is 12.8. The fourth-order valence-corrected chi connectivity index (χ4v) is 5.26. The zero-order valence-electron chi connectivity index (χ0n) is 17.8. The van der Waals surface area contributed by atoms with Crippen LogP contribution in [-0.2, 0) is 25.3 Å². The molecule has 0 spiro atoms. The van der Waals surface area contributed by atoms with Crippen molar-refractivity contribution in [3.63, 3.8) is 0 Å². The zero-order chi connectivity index (χ0) is 23.7. The molecule has 1 aliphatic rings. The predicted octanol–water partition coefficient (Wildman–Crippen LogP) is 2.04. The third kappa shape index (κ3) is 7.42. The lowest BCUT2D eigenvalue weighted by molar-refractivity contribution is -0.384.